The van der Waals surface area contributed by atoms with Crippen molar-refractivity contribution in [2.24, 2.45) is 0 Å². The van der Waals surface area contributed by atoms with Crippen LogP contribution < -0.4 is 5.32 Å². The number of amides is 4. The first-order valence-corrected chi connectivity index (χ1v) is 5.97. The van der Waals surface area contributed by atoms with Gasteiger partial charge in [-0.15, -0.1) is 0 Å². The number of nitrogens with zero attached hydrogens (tertiary/aromatic N) is 2. The summed E-state index contributed by atoms with van der Waals surface area (Å²) in [6.07, 6.45) is 0.949. The minimum absolute atomic E-state index is 0.225. The fourth-order valence-electron chi connectivity index (χ4n) is 2.44. The maximum Gasteiger partial charge on any atom is 0.329 e. The Hall–Kier alpha value is -2.12. The zero-order valence-electron chi connectivity index (χ0n) is 10.5. The number of carbonyl (C=O) groups is 4. The SMILES string of the molecule is CC1(C(=O)O)CCCN1C(=O)N1CC(=O)NC(=O)C1. The molecule has 4 amide bonds. The van der Waals surface area contributed by atoms with E-state index >= 15 is 0 Å². The zero-order chi connectivity index (χ0) is 14.2. The molecule has 0 aromatic rings. The second-order valence-electron chi connectivity index (χ2n) is 4.94. The number of imide groups is 1. The summed E-state index contributed by atoms with van der Waals surface area (Å²) < 4.78 is 0. The lowest BCUT2D eigenvalue weighted by molar-refractivity contribution is -0.147. The largest absolute Gasteiger partial charge is 0.480 e. The normalized spacial score (nSPS) is 27.4. The van der Waals surface area contributed by atoms with Gasteiger partial charge in [-0.1, -0.05) is 0 Å². The predicted molar refractivity (Wildman–Crippen MR) is 62.1 cm³/mol. The molecule has 19 heavy (non-hydrogen) atoms. The molecule has 8 nitrogen and oxygen atoms in total. The van der Waals surface area contributed by atoms with E-state index in [1.165, 1.54) is 11.8 Å². The molecule has 2 aliphatic rings. The molecule has 0 aromatic carbocycles. The second-order valence-corrected chi connectivity index (χ2v) is 4.94. The van der Waals surface area contributed by atoms with E-state index in [4.69, 9.17) is 0 Å². The monoisotopic (exact) mass is 269 g/mol. The molecule has 0 spiro atoms. The van der Waals surface area contributed by atoms with Crippen molar-refractivity contribution in [1.29, 1.82) is 0 Å². The Morgan fingerprint density at radius 1 is 1.26 bits per heavy atom. The Bertz CT molecular complexity index is 447. The van der Waals surface area contributed by atoms with E-state index in [0.717, 1.165) is 4.90 Å². The van der Waals surface area contributed by atoms with Crippen molar-refractivity contribution in [3.63, 3.8) is 0 Å². The van der Waals surface area contributed by atoms with E-state index in [2.05, 4.69) is 5.32 Å². The summed E-state index contributed by atoms with van der Waals surface area (Å²) in [6.45, 7) is 1.34. The summed E-state index contributed by atoms with van der Waals surface area (Å²) in [5.41, 5.74) is -1.27. The highest BCUT2D eigenvalue weighted by molar-refractivity contribution is 6.02. The number of urea groups is 1. The lowest BCUT2D eigenvalue weighted by Gasteiger charge is -2.36. The lowest BCUT2D eigenvalue weighted by atomic mass is 10.00. The van der Waals surface area contributed by atoms with E-state index in [1.54, 1.807) is 0 Å². The molecule has 2 aliphatic heterocycles. The number of hydrogen-bond acceptors (Lipinski definition) is 4. The molecule has 104 valence electrons. The first-order chi connectivity index (χ1) is 8.84. The minimum atomic E-state index is -1.27. The average molecular weight is 269 g/mol. The van der Waals surface area contributed by atoms with Crippen LogP contribution in [0.1, 0.15) is 19.8 Å². The quantitative estimate of drug-likeness (QED) is 0.594. The predicted octanol–water partition coefficient (Wildman–Crippen LogP) is -0.996. The zero-order valence-corrected chi connectivity index (χ0v) is 10.5. The molecule has 0 radical (unpaired) electrons. The van der Waals surface area contributed by atoms with Gasteiger partial charge in [-0.05, 0) is 19.8 Å². The minimum Gasteiger partial charge on any atom is -0.480 e. The van der Waals surface area contributed by atoms with Crippen LogP contribution >= 0.6 is 0 Å². The number of carbonyl (C=O) groups excluding carboxylic acids is 3. The van der Waals surface area contributed by atoms with Crippen LogP contribution in [0, 0.1) is 0 Å². The van der Waals surface area contributed by atoms with Gasteiger partial charge in [0, 0.05) is 6.54 Å². The number of piperazine rings is 1. The van der Waals surface area contributed by atoms with E-state index in [1.807, 2.05) is 0 Å². The van der Waals surface area contributed by atoms with Gasteiger partial charge in [0.1, 0.15) is 18.6 Å². The highest BCUT2D eigenvalue weighted by Gasteiger charge is 2.47. The van der Waals surface area contributed by atoms with E-state index in [9.17, 15) is 24.3 Å². The molecule has 0 aromatic heterocycles. The van der Waals surface area contributed by atoms with Gasteiger partial charge in [0.05, 0.1) is 0 Å². The molecule has 8 heteroatoms. The molecule has 0 bridgehead atoms. The Kier molecular flexibility index (Phi) is 3.17. The molecular weight excluding hydrogens is 254 g/mol. The standard InChI is InChI=1S/C11H15N3O5/c1-11(9(17)18)3-2-4-14(11)10(19)13-5-7(15)12-8(16)6-13/h2-6H2,1H3,(H,17,18)(H,12,15,16). The van der Waals surface area contributed by atoms with Crippen molar-refractivity contribution < 1.29 is 24.3 Å². The van der Waals surface area contributed by atoms with Crippen molar-refractivity contribution in [2.45, 2.75) is 25.3 Å². The Morgan fingerprint density at radius 2 is 1.84 bits per heavy atom. The van der Waals surface area contributed by atoms with Gasteiger partial charge < -0.3 is 14.9 Å². The van der Waals surface area contributed by atoms with Crippen LogP contribution in [0.3, 0.4) is 0 Å². The summed E-state index contributed by atoms with van der Waals surface area (Å²) in [6, 6.07) is -0.578. The Balaban J connectivity index is 2.17. The molecule has 1 atom stereocenters. The van der Waals surface area contributed by atoms with Gasteiger partial charge in [0.25, 0.3) is 0 Å². The van der Waals surface area contributed by atoms with Crippen molar-refractivity contribution in [1.82, 2.24) is 15.1 Å². The number of carboxylic acids is 1. The smallest absolute Gasteiger partial charge is 0.329 e. The first kappa shape index (κ1) is 13.3. The summed E-state index contributed by atoms with van der Waals surface area (Å²) in [7, 11) is 0. The number of rotatable bonds is 1. The fraction of sp³-hybridized carbons (Fsp3) is 0.636. The number of nitrogens with one attached hydrogen (secondary N) is 1. The summed E-state index contributed by atoms with van der Waals surface area (Å²) in [5.74, 6) is -2.19. The van der Waals surface area contributed by atoms with E-state index < -0.39 is 29.4 Å². The third kappa shape index (κ3) is 2.25. The van der Waals surface area contributed by atoms with Gasteiger partial charge in [0.15, 0.2) is 0 Å². The lowest BCUT2D eigenvalue weighted by Crippen LogP contribution is -2.60. The first-order valence-electron chi connectivity index (χ1n) is 5.97. The van der Waals surface area contributed by atoms with E-state index in [-0.39, 0.29) is 13.1 Å². The van der Waals surface area contributed by atoms with Crippen molar-refractivity contribution in [2.75, 3.05) is 19.6 Å². The second kappa shape index (κ2) is 4.52. The van der Waals surface area contributed by atoms with Crippen molar-refractivity contribution in [3.8, 4) is 0 Å². The topological polar surface area (TPSA) is 107 Å². The third-order valence-corrected chi connectivity index (χ3v) is 3.55. The molecule has 2 heterocycles. The van der Waals surface area contributed by atoms with Gasteiger partial charge >= 0.3 is 12.0 Å². The van der Waals surface area contributed by atoms with Gasteiger partial charge in [-0.2, -0.15) is 0 Å². The van der Waals surface area contributed by atoms with Gasteiger partial charge in [0.2, 0.25) is 11.8 Å². The van der Waals surface area contributed by atoms with Crippen molar-refractivity contribution in [3.05, 3.63) is 0 Å². The van der Waals surface area contributed by atoms with Crippen LogP contribution in [0.5, 0.6) is 0 Å². The molecule has 2 N–H and O–H groups in total. The number of carboxylic acid groups (broad SMARTS) is 1. The van der Waals surface area contributed by atoms with Crippen LogP contribution in [0.25, 0.3) is 0 Å². The van der Waals surface area contributed by atoms with Crippen LogP contribution in [0.15, 0.2) is 0 Å². The number of likely N-dealkylation sites (tertiary alicyclic amines) is 1. The van der Waals surface area contributed by atoms with Gasteiger partial charge in [-0.3, -0.25) is 14.9 Å². The van der Waals surface area contributed by atoms with Crippen molar-refractivity contribution >= 4 is 23.8 Å². The molecule has 2 fully saturated rings. The Morgan fingerprint density at radius 3 is 2.37 bits per heavy atom. The van der Waals surface area contributed by atoms with Crippen LogP contribution in [0.4, 0.5) is 4.79 Å². The fourth-order valence-corrected chi connectivity index (χ4v) is 2.44. The molecule has 0 saturated carbocycles. The molecular formula is C11H15N3O5. The van der Waals surface area contributed by atoms with Crippen LogP contribution in [0.2, 0.25) is 0 Å². The number of aliphatic carboxylic acids is 1. The summed E-state index contributed by atoms with van der Waals surface area (Å²) >= 11 is 0. The van der Waals surface area contributed by atoms with Crippen LogP contribution in [-0.2, 0) is 14.4 Å². The number of hydrogen-bond donors (Lipinski definition) is 2. The average Bonchev–Trinajstić information content (AvgIpc) is 2.70. The maximum atomic E-state index is 12.3. The highest BCUT2D eigenvalue weighted by Crippen LogP contribution is 2.30. The molecule has 1 unspecified atom stereocenters. The van der Waals surface area contributed by atoms with Gasteiger partial charge in [-0.25, -0.2) is 9.59 Å². The van der Waals surface area contributed by atoms with E-state index in [0.29, 0.717) is 19.4 Å². The third-order valence-electron chi connectivity index (χ3n) is 3.55. The summed E-state index contributed by atoms with van der Waals surface area (Å²) in [4.78, 5) is 48.3. The maximum absolute atomic E-state index is 12.3. The summed E-state index contributed by atoms with van der Waals surface area (Å²) in [5, 5.41) is 11.3. The molecule has 2 saturated heterocycles. The Labute approximate surface area is 109 Å². The van der Waals surface area contributed by atoms with Crippen LogP contribution in [-0.4, -0.2) is 63.9 Å². The molecule has 0 aliphatic carbocycles. The molecule has 2 rings (SSSR count). The highest BCUT2D eigenvalue weighted by atomic mass is 16.4.